The van der Waals surface area contributed by atoms with Crippen LogP contribution >= 0.6 is 0 Å². The van der Waals surface area contributed by atoms with Crippen molar-refractivity contribution in [2.45, 2.75) is 19.4 Å². The van der Waals surface area contributed by atoms with Gasteiger partial charge in [0.05, 0.1) is 12.1 Å². The van der Waals surface area contributed by atoms with E-state index in [9.17, 15) is 4.79 Å². The van der Waals surface area contributed by atoms with E-state index in [0.717, 1.165) is 30.9 Å². The molecule has 3 rings (SSSR count). The Labute approximate surface area is 124 Å². The summed E-state index contributed by atoms with van der Waals surface area (Å²) in [6.07, 6.45) is 4.12. The molecular formula is C16H20N4O. The van der Waals surface area contributed by atoms with E-state index in [-0.39, 0.29) is 11.9 Å². The van der Waals surface area contributed by atoms with Gasteiger partial charge >= 0.3 is 0 Å². The molecule has 1 atom stereocenters. The molecule has 1 aliphatic heterocycles. The van der Waals surface area contributed by atoms with Gasteiger partial charge in [-0.25, -0.2) is 4.68 Å². The lowest BCUT2D eigenvalue weighted by molar-refractivity contribution is -0.133. The van der Waals surface area contributed by atoms with E-state index in [1.54, 1.807) is 6.20 Å². The smallest absolute Gasteiger partial charge is 0.227 e. The molecule has 21 heavy (non-hydrogen) atoms. The fourth-order valence-corrected chi connectivity index (χ4v) is 2.68. The first-order valence-electron chi connectivity index (χ1n) is 7.33. The number of hydrogen-bond donors (Lipinski definition) is 1. The van der Waals surface area contributed by atoms with Crippen molar-refractivity contribution in [3.8, 4) is 5.69 Å². The highest BCUT2D eigenvalue weighted by Gasteiger charge is 2.22. The van der Waals surface area contributed by atoms with Crippen molar-refractivity contribution in [2.75, 3.05) is 19.6 Å². The van der Waals surface area contributed by atoms with Crippen LogP contribution in [-0.4, -0.2) is 46.3 Å². The molecule has 0 unspecified atom stereocenters. The van der Waals surface area contributed by atoms with Crippen LogP contribution in [-0.2, 0) is 11.2 Å². The van der Waals surface area contributed by atoms with Crippen LogP contribution in [0.3, 0.4) is 0 Å². The molecule has 2 aromatic rings. The highest BCUT2D eigenvalue weighted by molar-refractivity contribution is 5.79. The normalized spacial score (nSPS) is 18.7. The third kappa shape index (κ3) is 3.13. The zero-order chi connectivity index (χ0) is 14.7. The number of amides is 1. The van der Waals surface area contributed by atoms with Gasteiger partial charge in [-0.3, -0.25) is 4.79 Å². The summed E-state index contributed by atoms with van der Waals surface area (Å²) in [5.41, 5.74) is 2.05. The summed E-state index contributed by atoms with van der Waals surface area (Å²) in [6, 6.07) is 10.2. The molecule has 110 valence electrons. The van der Waals surface area contributed by atoms with Crippen LogP contribution in [0.4, 0.5) is 0 Å². The molecule has 0 saturated carbocycles. The highest BCUT2D eigenvalue weighted by Crippen LogP contribution is 2.11. The summed E-state index contributed by atoms with van der Waals surface area (Å²) in [6.45, 7) is 4.65. The van der Waals surface area contributed by atoms with Crippen LogP contribution in [0.25, 0.3) is 5.69 Å². The standard InChI is InChI=1S/C16H20N4O/c1-13-12-17-8-10-19(13)16(21)11-14-3-5-15(6-4-14)20-9-2-7-18-20/h2-7,9,13,17H,8,10-12H2,1H3/t13-/m1/s1. The lowest BCUT2D eigenvalue weighted by Gasteiger charge is -2.34. The first-order chi connectivity index (χ1) is 10.2. The molecule has 5 nitrogen and oxygen atoms in total. The second-order valence-electron chi connectivity index (χ2n) is 5.43. The minimum absolute atomic E-state index is 0.204. The summed E-state index contributed by atoms with van der Waals surface area (Å²) in [7, 11) is 0. The van der Waals surface area contributed by atoms with Gasteiger partial charge in [0, 0.05) is 38.1 Å². The maximum absolute atomic E-state index is 12.4. The molecule has 0 spiro atoms. The number of benzene rings is 1. The summed E-state index contributed by atoms with van der Waals surface area (Å²) in [5.74, 6) is 0.204. The summed E-state index contributed by atoms with van der Waals surface area (Å²) in [5, 5.41) is 7.50. The SMILES string of the molecule is C[C@@H]1CNCCN1C(=O)Cc1ccc(-n2cccn2)cc1. The zero-order valence-corrected chi connectivity index (χ0v) is 12.2. The highest BCUT2D eigenvalue weighted by atomic mass is 16.2. The number of piperazine rings is 1. The molecule has 1 amide bonds. The Morgan fingerprint density at radius 1 is 1.38 bits per heavy atom. The monoisotopic (exact) mass is 284 g/mol. The van der Waals surface area contributed by atoms with Crippen molar-refractivity contribution < 1.29 is 4.79 Å². The number of rotatable bonds is 3. The van der Waals surface area contributed by atoms with Crippen molar-refractivity contribution in [3.63, 3.8) is 0 Å². The molecule has 5 heteroatoms. The number of nitrogens with one attached hydrogen (secondary N) is 1. The van der Waals surface area contributed by atoms with E-state index in [1.165, 1.54) is 0 Å². The van der Waals surface area contributed by atoms with Gasteiger partial charge < -0.3 is 10.2 Å². The van der Waals surface area contributed by atoms with Gasteiger partial charge in [0.1, 0.15) is 0 Å². The second kappa shape index (κ2) is 6.10. The van der Waals surface area contributed by atoms with Gasteiger partial charge in [-0.15, -0.1) is 0 Å². The molecule has 0 aliphatic carbocycles. The third-order valence-electron chi connectivity index (χ3n) is 3.88. The van der Waals surface area contributed by atoms with Crippen LogP contribution in [0.1, 0.15) is 12.5 Å². The largest absolute Gasteiger partial charge is 0.337 e. The molecule has 1 aromatic heterocycles. The Morgan fingerprint density at radius 3 is 2.86 bits per heavy atom. The molecule has 2 heterocycles. The average molecular weight is 284 g/mol. The van der Waals surface area contributed by atoms with Crippen LogP contribution in [0.5, 0.6) is 0 Å². The Bertz CT molecular complexity index is 591. The van der Waals surface area contributed by atoms with Gasteiger partial charge in [0.2, 0.25) is 5.91 Å². The Morgan fingerprint density at radius 2 is 2.19 bits per heavy atom. The quantitative estimate of drug-likeness (QED) is 0.922. The van der Waals surface area contributed by atoms with Crippen molar-refractivity contribution in [1.82, 2.24) is 20.0 Å². The maximum Gasteiger partial charge on any atom is 0.227 e. The van der Waals surface area contributed by atoms with Gasteiger partial charge in [-0.2, -0.15) is 5.10 Å². The number of hydrogen-bond acceptors (Lipinski definition) is 3. The van der Waals surface area contributed by atoms with Crippen LogP contribution in [0, 0.1) is 0 Å². The van der Waals surface area contributed by atoms with Gasteiger partial charge in [-0.1, -0.05) is 12.1 Å². The molecule has 1 aromatic carbocycles. The van der Waals surface area contributed by atoms with E-state index in [0.29, 0.717) is 6.42 Å². The Kier molecular flexibility index (Phi) is 4.01. The summed E-state index contributed by atoms with van der Waals surface area (Å²) in [4.78, 5) is 14.3. The lowest BCUT2D eigenvalue weighted by Crippen LogP contribution is -2.52. The molecule has 1 fully saturated rings. The topological polar surface area (TPSA) is 50.2 Å². The molecule has 0 bridgehead atoms. The predicted molar refractivity (Wildman–Crippen MR) is 81.3 cm³/mol. The minimum Gasteiger partial charge on any atom is -0.337 e. The number of carbonyl (C=O) groups is 1. The molecular weight excluding hydrogens is 264 g/mol. The average Bonchev–Trinajstić information content (AvgIpc) is 3.02. The molecule has 0 radical (unpaired) electrons. The first kappa shape index (κ1) is 13.8. The number of aromatic nitrogens is 2. The summed E-state index contributed by atoms with van der Waals surface area (Å²) < 4.78 is 1.81. The van der Waals surface area contributed by atoms with Crippen LogP contribution in [0.2, 0.25) is 0 Å². The Balaban J connectivity index is 1.66. The zero-order valence-electron chi connectivity index (χ0n) is 12.2. The van der Waals surface area contributed by atoms with E-state index in [1.807, 2.05) is 46.1 Å². The van der Waals surface area contributed by atoms with Crippen molar-refractivity contribution in [2.24, 2.45) is 0 Å². The van der Waals surface area contributed by atoms with Gasteiger partial charge in [-0.05, 0) is 30.7 Å². The molecule has 1 aliphatic rings. The number of carbonyl (C=O) groups excluding carboxylic acids is 1. The second-order valence-corrected chi connectivity index (χ2v) is 5.43. The van der Waals surface area contributed by atoms with Gasteiger partial charge in [0.25, 0.3) is 0 Å². The minimum atomic E-state index is 0.204. The molecule has 1 saturated heterocycles. The Hall–Kier alpha value is -2.14. The summed E-state index contributed by atoms with van der Waals surface area (Å²) >= 11 is 0. The van der Waals surface area contributed by atoms with Crippen LogP contribution in [0.15, 0.2) is 42.7 Å². The fraction of sp³-hybridized carbons (Fsp3) is 0.375. The fourth-order valence-electron chi connectivity index (χ4n) is 2.68. The molecule has 1 N–H and O–H groups in total. The predicted octanol–water partition coefficient (Wildman–Crippen LogP) is 1.24. The third-order valence-corrected chi connectivity index (χ3v) is 3.88. The lowest BCUT2D eigenvalue weighted by atomic mass is 10.1. The van der Waals surface area contributed by atoms with E-state index in [4.69, 9.17) is 0 Å². The van der Waals surface area contributed by atoms with Crippen molar-refractivity contribution >= 4 is 5.91 Å². The van der Waals surface area contributed by atoms with E-state index < -0.39 is 0 Å². The van der Waals surface area contributed by atoms with E-state index in [2.05, 4.69) is 17.3 Å². The van der Waals surface area contributed by atoms with Crippen LogP contribution < -0.4 is 5.32 Å². The van der Waals surface area contributed by atoms with E-state index >= 15 is 0 Å². The first-order valence-corrected chi connectivity index (χ1v) is 7.33. The van der Waals surface area contributed by atoms with Crippen molar-refractivity contribution in [3.05, 3.63) is 48.3 Å². The number of nitrogens with zero attached hydrogens (tertiary/aromatic N) is 3. The van der Waals surface area contributed by atoms with Gasteiger partial charge in [0.15, 0.2) is 0 Å². The van der Waals surface area contributed by atoms with Crippen molar-refractivity contribution in [1.29, 1.82) is 0 Å². The maximum atomic E-state index is 12.4.